The van der Waals surface area contributed by atoms with E-state index in [0.717, 1.165) is 11.3 Å². The number of hydrogen-bond donors (Lipinski definition) is 3. The average Bonchev–Trinajstić information content (AvgIpc) is 2.41. The van der Waals surface area contributed by atoms with Gasteiger partial charge in [0, 0.05) is 23.6 Å². The summed E-state index contributed by atoms with van der Waals surface area (Å²) in [7, 11) is 0. The summed E-state index contributed by atoms with van der Waals surface area (Å²) in [6, 6.07) is 6.22. The third-order valence-corrected chi connectivity index (χ3v) is 3.85. The Morgan fingerprint density at radius 2 is 1.76 bits per heavy atom. The minimum atomic E-state index is -0.955. The van der Waals surface area contributed by atoms with E-state index >= 15 is 0 Å². The van der Waals surface area contributed by atoms with Gasteiger partial charge in [-0.05, 0) is 17.7 Å². The van der Waals surface area contributed by atoms with E-state index < -0.39 is 5.97 Å². The van der Waals surface area contributed by atoms with Crippen molar-refractivity contribution in [3.8, 4) is 0 Å². The maximum absolute atomic E-state index is 11.6. The monoisotopic (exact) mass is 310 g/mol. The number of carbonyl (C=O) groups is 2. The average molecular weight is 310 g/mol. The number of rotatable bonds is 6. The number of hydrogen-bond acceptors (Lipinski definition) is 3. The first-order valence-electron chi connectivity index (χ1n) is 6.76. The molecule has 21 heavy (non-hydrogen) atoms. The molecular weight excluding hydrogens is 288 g/mol. The van der Waals surface area contributed by atoms with E-state index in [1.807, 2.05) is 0 Å². The number of carbonyl (C=O) groups excluding carboxylic acids is 1. The highest BCUT2D eigenvalue weighted by Crippen LogP contribution is 2.21. The molecule has 0 heterocycles. The van der Waals surface area contributed by atoms with Crippen LogP contribution < -0.4 is 10.6 Å². The number of amides is 2. The zero-order chi connectivity index (χ0) is 15.9. The Morgan fingerprint density at radius 1 is 1.14 bits per heavy atom. The van der Waals surface area contributed by atoms with Crippen molar-refractivity contribution in [3.05, 3.63) is 35.4 Å². The fourth-order valence-electron chi connectivity index (χ4n) is 1.53. The Labute approximate surface area is 129 Å². The Balaban J connectivity index is 2.25. The molecule has 0 aliphatic rings. The van der Waals surface area contributed by atoms with Crippen LogP contribution in [0.5, 0.6) is 0 Å². The predicted octanol–water partition coefficient (Wildman–Crippen LogP) is 2.72. The van der Waals surface area contributed by atoms with Gasteiger partial charge in [0.25, 0.3) is 0 Å². The number of carboxylic acid groups (broad SMARTS) is 1. The molecule has 3 N–H and O–H groups in total. The maximum atomic E-state index is 11.6. The molecule has 0 aliphatic carbocycles. The van der Waals surface area contributed by atoms with Crippen LogP contribution in [0, 0.1) is 0 Å². The maximum Gasteiger partial charge on any atom is 0.335 e. The van der Waals surface area contributed by atoms with Crippen LogP contribution in [-0.4, -0.2) is 34.2 Å². The number of urea groups is 1. The summed E-state index contributed by atoms with van der Waals surface area (Å²) in [5.74, 6) is -0.0897. The van der Waals surface area contributed by atoms with Gasteiger partial charge in [0.15, 0.2) is 0 Å². The van der Waals surface area contributed by atoms with Gasteiger partial charge in [-0.2, -0.15) is 11.8 Å². The van der Waals surface area contributed by atoms with E-state index in [2.05, 4.69) is 31.4 Å². The third-order valence-electron chi connectivity index (χ3n) is 2.58. The van der Waals surface area contributed by atoms with Gasteiger partial charge in [-0.3, -0.25) is 0 Å². The number of carboxylic acids is 1. The zero-order valence-electron chi connectivity index (χ0n) is 12.6. The van der Waals surface area contributed by atoms with Crippen molar-refractivity contribution in [2.24, 2.45) is 0 Å². The molecule has 5 nitrogen and oxygen atoms in total. The van der Waals surface area contributed by atoms with Gasteiger partial charge in [0.05, 0.1) is 5.56 Å². The van der Waals surface area contributed by atoms with Gasteiger partial charge in [-0.15, -0.1) is 0 Å². The van der Waals surface area contributed by atoms with Crippen LogP contribution in [0.4, 0.5) is 4.79 Å². The summed E-state index contributed by atoms with van der Waals surface area (Å²) in [5, 5.41) is 14.3. The fourth-order valence-corrected chi connectivity index (χ4v) is 2.35. The lowest BCUT2D eigenvalue weighted by Crippen LogP contribution is -2.36. The van der Waals surface area contributed by atoms with Crippen molar-refractivity contribution >= 4 is 23.8 Å². The van der Waals surface area contributed by atoms with Crippen LogP contribution in [-0.2, 0) is 6.54 Å². The van der Waals surface area contributed by atoms with Crippen LogP contribution in [0.1, 0.15) is 36.7 Å². The summed E-state index contributed by atoms with van der Waals surface area (Å²) in [6.45, 7) is 7.40. The molecule has 0 radical (unpaired) electrons. The van der Waals surface area contributed by atoms with Crippen LogP contribution in [0.25, 0.3) is 0 Å². The lowest BCUT2D eigenvalue weighted by atomic mass is 10.1. The predicted molar refractivity (Wildman–Crippen MR) is 85.9 cm³/mol. The van der Waals surface area contributed by atoms with Gasteiger partial charge in [0.2, 0.25) is 0 Å². The Morgan fingerprint density at radius 3 is 2.29 bits per heavy atom. The lowest BCUT2D eigenvalue weighted by molar-refractivity contribution is 0.0697. The first kappa shape index (κ1) is 17.4. The summed E-state index contributed by atoms with van der Waals surface area (Å²) < 4.78 is 0.198. The molecule has 0 aromatic heterocycles. The van der Waals surface area contributed by atoms with Gasteiger partial charge >= 0.3 is 12.0 Å². The van der Waals surface area contributed by atoms with E-state index in [-0.39, 0.29) is 16.3 Å². The summed E-state index contributed by atoms with van der Waals surface area (Å²) in [4.78, 5) is 22.3. The molecule has 0 unspecified atom stereocenters. The van der Waals surface area contributed by atoms with Crippen LogP contribution in [0.3, 0.4) is 0 Å². The largest absolute Gasteiger partial charge is 0.478 e. The molecule has 2 amide bonds. The van der Waals surface area contributed by atoms with Crippen molar-refractivity contribution in [1.29, 1.82) is 0 Å². The molecular formula is C15H22N2O3S. The minimum absolute atomic E-state index is 0.198. The molecule has 0 aliphatic heterocycles. The molecule has 0 spiro atoms. The molecule has 1 aromatic rings. The minimum Gasteiger partial charge on any atom is -0.478 e. The normalized spacial score (nSPS) is 11.0. The third kappa shape index (κ3) is 7.60. The zero-order valence-corrected chi connectivity index (χ0v) is 13.4. The van der Waals surface area contributed by atoms with Crippen molar-refractivity contribution in [1.82, 2.24) is 10.6 Å². The molecule has 0 saturated carbocycles. The number of benzene rings is 1. The van der Waals surface area contributed by atoms with Crippen molar-refractivity contribution < 1.29 is 14.7 Å². The molecule has 1 rings (SSSR count). The Kier molecular flexibility index (Phi) is 6.55. The summed E-state index contributed by atoms with van der Waals surface area (Å²) in [6.07, 6.45) is 0. The topological polar surface area (TPSA) is 78.4 Å². The molecule has 6 heteroatoms. The number of thioether (sulfide) groups is 1. The van der Waals surface area contributed by atoms with E-state index in [4.69, 9.17) is 5.11 Å². The Hall–Kier alpha value is -1.69. The Bertz CT molecular complexity index is 481. The van der Waals surface area contributed by atoms with Crippen LogP contribution in [0.15, 0.2) is 24.3 Å². The highest BCUT2D eigenvalue weighted by atomic mass is 32.2. The SMILES string of the molecule is CC(C)(C)SCCNC(=O)NCc1ccc(C(=O)O)cc1. The first-order valence-corrected chi connectivity index (χ1v) is 7.74. The summed E-state index contributed by atoms with van der Waals surface area (Å²) in [5.41, 5.74) is 1.10. The van der Waals surface area contributed by atoms with Crippen molar-refractivity contribution in [2.75, 3.05) is 12.3 Å². The smallest absolute Gasteiger partial charge is 0.335 e. The van der Waals surface area contributed by atoms with Gasteiger partial charge in [-0.25, -0.2) is 9.59 Å². The number of nitrogens with one attached hydrogen (secondary N) is 2. The second kappa shape index (κ2) is 7.93. The van der Waals surface area contributed by atoms with E-state index in [0.29, 0.717) is 13.1 Å². The molecule has 0 saturated heterocycles. The van der Waals surface area contributed by atoms with Crippen LogP contribution >= 0.6 is 11.8 Å². The summed E-state index contributed by atoms with van der Waals surface area (Å²) >= 11 is 1.80. The number of aromatic carboxylic acids is 1. The molecule has 0 fully saturated rings. The van der Waals surface area contributed by atoms with E-state index in [1.54, 1.807) is 23.9 Å². The second-order valence-electron chi connectivity index (χ2n) is 5.57. The highest BCUT2D eigenvalue weighted by Gasteiger charge is 2.10. The molecule has 0 atom stereocenters. The highest BCUT2D eigenvalue weighted by molar-refractivity contribution is 8.00. The standard InChI is InChI=1S/C15H22N2O3S/c1-15(2,3)21-9-8-16-14(20)17-10-11-4-6-12(7-5-11)13(18)19/h4-7H,8-10H2,1-3H3,(H,18,19)(H2,16,17,20). The second-order valence-corrected chi connectivity index (χ2v) is 7.49. The van der Waals surface area contributed by atoms with Crippen molar-refractivity contribution in [2.45, 2.75) is 32.1 Å². The van der Waals surface area contributed by atoms with Gasteiger partial charge < -0.3 is 15.7 Å². The molecule has 116 valence electrons. The van der Waals surface area contributed by atoms with Crippen LogP contribution in [0.2, 0.25) is 0 Å². The first-order chi connectivity index (χ1) is 9.78. The van der Waals surface area contributed by atoms with Crippen molar-refractivity contribution in [3.63, 3.8) is 0 Å². The van der Waals surface area contributed by atoms with Gasteiger partial charge in [0.1, 0.15) is 0 Å². The van der Waals surface area contributed by atoms with Gasteiger partial charge in [-0.1, -0.05) is 32.9 Å². The van der Waals surface area contributed by atoms with E-state index in [9.17, 15) is 9.59 Å². The fraction of sp³-hybridized carbons (Fsp3) is 0.467. The molecule has 0 bridgehead atoms. The molecule has 1 aromatic carbocycles. The van der Waals surface area contributed by atoms with E-state index in [1.165, 1.54) is 12.1 Å². The lowest BCUT2D eigenvalue weighted by Gasteiger charge is -2.17. The quantitative estimate of drug-likeness (QED) is 0.706.